The molecule has 0 aromatic heterocycles. The van der Waals surface area contributed by atoms with Crippen LogP contribution in [0.4, 0.5) is 5.69 Å². The Morgan fingerprint density at radius 1 is 1.26 bits per heavy atom. The third-order valence-corrected chi connectivity index (χ3v) is 4.25. The van der Waals surface area contributed by atoms with E-state index in [0.717, 1.165) is 30.6 Å². The monoisotopic (exact) mass is 260 g/mol. The average Bonchev–Trinajstić information content (AvgIpc) is 2.85. The molecule has 0 heterocycles. The van der Waals surface area contributed by atoms with Gasteiger partial charge in [0.15, 0.2) is 0 Å². The minimum absolute atomic E-state index is 0.135. The molecule has 104 valence electrons. The van der Waals surface area contributed by atoms with Gasteiger partial charge in [0.05, 0.1) is 0 Å². The Morgan fingerprint density at radius 3 is 2.37 bits per heavy atom. The molecule has 3 nitrogen and oxygen atoms in total. The van der Waals surface area contributed by atoms with Gasteiger partial charge in [-0.25, -0.2) is 0 Å². The van der Waals surface area contributed by atoms with E-state index >= 15 is 0 Å². The van der Waals surface area contributed by atoms with E-state index in [9.17, 15) is 4.79 Å². The highest BCUT2D eigenvalue weighted by Gasteiger charge is 2.38. The van der Waals surface area contributed by atoms with Gasteiger partial charge in [-0.3, -0.25) is 4.79 Å². The molecule has 1 amide bonds. The Hall–Kier alpha value is -1.51. The lowest BCUT2D eigenvalue weighted by Crippen LogP contribution is -2.40. The largest absolute Gasteiger partial charge is 0.399 e. The Balaban J connectivity index is 2.07. The minimum Gasteiger partial charge on any atom is -0.399 e. The number of nitrogens with zero attached hydrogens (tertiary/aromatic N) is 1. The lowest BCUT2D eigenvalue weighted by molar-refractivity contribution is -0.141. The number of carbonyl (C=O) groups is 1. The second-order valence-electron chi connectivity index (χ2n) is 5.83. The number of nitrogen functional groups attached to an aromatic ring is 1. The van der Waals surface area contributed by atoms with Crippen LogP contribution in [-0.4, -0.2) is 17.4 Å². The first-order chi connectivity index (χ1) is 9.05. The Morgan fingerprint density at radius 2 is 1.84 bits per heavy atom. The zero-order chi connectivity index (χ0) is 13.9. The molecule has 0 bridgehead atoms. The van der Waals surface area contributed by atoms with Crippen molar-refractivity contribution >= 4 is 11.6 Å². The fourth-order valence-corrected chi connectivity index (χ4v) is 2.92. The zero-order valence-corrected chi connectivity index (χ0v) is 12.0. The number of hydrogen-bond acceptors (Lipinski definition) is 2. The van der Waals surface area contributed by atoms with Gasteiger partial charge in [0.2, 0.25) is 5.91 Å². The summed E-state index contributed by atoms with van der Waals surface area (Å²) in [6.07, 6.45) is 4.43. The van der Waals surface area contributed by atoms with Crippen LogP contribution in [0.2, 0.25) is 0 Å². The highest BCUT2D eigenvalue weighted by atomic mass is 16.2. The summed E-state index contributed by atoms with van der Waals surface area (Å²) in [5.41, 5.74) is 7.46. The van der Waals surface area contributed by atoms with Crippen molar-refractivity contribution in [2.75, 3.05) is 12.3 Å². The van der Waals surface area contributed by atoms with Gasteiger partial charge in [-0.1, -0.05) is 31.9 Å². The van der Waals surface area contributed by atoms with Crippen LogP contribution in [0.5, 0.6) is 0 Å². The second kappa shape index (κ2) is 5.64. The average molecular weight is 260 g/mol. The molecule has 1 aliphatic carbocycles. The molecule has 0 aliphatic heterocycles. The fraction of sp³-hybridized carbons (Fsp3) is 0.562. The number of benzene rings is 1. The van der Waals surface area contributed by atoms with Gasteiger partial charge >= 0.3 is 0 Å². The first-order valence-electron chi connectivity index (χ1n) is 7.19. The van der Waals surface area contributed by atoms with Gasteiger partial charge in [0, 0.05) is 24.2 Å². The molecule has 0 saturated heterocycles. The van der Waals surface area contributed by atoms with Crippen molar-refractivity contribution in [3.05, 3.63) is 29.8 Å². The number of nitrogens with two attached hydrogens (primary N) is 1. The molecular weight excluding hydrogens is 236 g/mol. The van der Waals surface area contributed by atoms with Gasteiger partial charge in [-0.15, -0.1) is 0 Å². The highest BCUT2D eigenvalue weighted by Crippen LogP contribution is 2.39. The van der Waals surface area contributed by atoms with Crippen LogP contribution in [0, 0.1) is 5.41 Å². The van der Waals surface area contributed by atoms with Crippen LogP contribution in [-0.2, 0) is 11.3 Å². The van der Waals surface area contributed by atoms with E-state index in [4.69, 9.17) is 5.73 Å². The van der Waals surface area contributed by atoms with E-state index in [1.54, 1.807) is 0 Å². The highest BCUT2D eigenvalue weighted by molar-refractivity contribution is 5.82. The third-order valence-electron chi connectivity index (χ3n) is 4.25. The molecule has 1 aromatic rings. The fourth-order valence-electron chi connectivity index (χ4n) is 2.92. The van der Waals surface area contributed by atoms with Gasteiger partial charge in [0.1, 0.15) is 0 Å². The van der Waals surface area contributed by atoms with Crippen LogP contribution in [0.25, 0.3) is 0 Å². The molecule has 1 aliphatic rings. The van der Waals surface area contributed by atoms with Crippen molar-refractivity contribution in [1.29, 1.82) is 0 Å². The van der Waals surface area contributed by atoms with Crippen LogP contribution < -0.4 is 5.73 Å². The third kappa shape index (κ3) is 3.09. The lowest BCUT2D eigenvalue weighted by atomic mass is 9.87. The molecule has 1 saturated carbocycles. The van der Waals surface area contributed by atoms with Crippen molar-refractivity contribution in [2.45, 2.75) is 46.1 Å². The van der Waals surface area contributed by atoms with Crippen molar-refractivity contribution in [2.24, 2.45) is 5.41 Å². The normalized spacial score (nSPS) is 17.4. The summed E-state index contributed by atoms with van der Waals surface area (Å²) in [7, 11) is 0. The summed E-state index contributed by atoms with van der Waals surface area (Å²) in [6.45, 7) is 5.62. The van der Waals surface area contributed by atoms with E-state index in [1.165, 1.54) is 12.8 Å². The maximum atomic E-state index is 12.7. The summed E-state index contributed by atoms with van der Waals surface area (Å²) in [5, 5.41) is 0. The first-order valence-corrected chi connectivity index (χ1v) is 7.19. The molecular formula is C16H24N2O. The van der Waals surface area contributed by atoms with Gasteiger partial charge in [0.25, 0.3) is 0 Å². The number of amides is 1. The van der Waals surface area contributed by atoms with Gasteiger partial charge in [-0.2, -0.15) is 0 Å². The number of rotatable bonds is 4. The number of carbonyl (C=O) groups excluding carboxylic acids is 1. The Kier molecular flexibility index (Phi) is 4.13. The summed E-state index contributed by atoms with van der Waals surface area (Å²) in [6, 6.07) is 7.79. The molecule has 1 fully saturated rings. The summed E-state index contributed by atoms with van der Waals surface area (Å²) < 4.78 is 0. The molecule has 2 rings (SSSR count). The SMILES string of the molecule is CCN(Cc1ccc(N)cc1)C(=O)C1(C)CCCC1. The van der Waals surface area contributed by atoms with E-state index in [0.29, 0.717) is 12.5 Å². The second-order valence-corrected chi connectivity index (χ2v) is 5.83. The van der Waals surface area contributed by atoms with E-state index < -0.39 is 0 Å². The number of hydrogen-bond donors (Lipinski definition) is 1. The molecule has 0 atom stereocenters. The van der Waals surface area contributed by atoms with Crippen molar-refractivity contribution in [3.8, 4) is 0 Å². The topological polar surface area (TPSA) is 46.3 Å². The van der Waals surface area contributed by atoms with Gasteiger partial charge in [-0.05, 0) is 37.5 Å². The summed E-state index contributed by atoms with van der Waals surface area (Å²) >= 11 is 0. The molecule has 0 unspecified atom stereocenters. The van der Waals surface area contributed by atoms with E-state index in [2.05, 4.69) is 6.92 Å². The van der Waals surface area contributed by atoms with Gasteiger partial charge < -0.3 is 10.6 Å². The molecule has 0 radical (unpaired) electrons. The first kappa shape index (κ1) is 13.9. The standard InChI is InChI=1S/C16H24N2O/c1-3-18(12-13-6-8-14(17)9-7-13)15(19)16(2)10-4-5-11-16/h6-9H,3-5,10-12,17H2,1-2H3. The summed E-state index contributed by atoms with van der Waals surface area (Å²) in [5.74, 6) is 0.310. The zero-order valence-electron chi connectivity index (χ0n) is 12.0. The summed E-state index contributed by atoms with van der Waals surface area (Å²) in [4.78, 5) is 14.6. The predicted octanol–water partition coefficient (Wildman–Crippen LogP) is 3.20. The smallest absolute Gasteiger partial charge is 0.228 e. The van der Waals surface area contributed by atoms with Crippen LogP contribution in [0.1, 0.15) is 45.1 Å². The van der Waals surface area contributed by atoms with Crippen LogP contribution in [0.15, 0.2) is 24.3 Å². The minimum atomic E-state index is -0.135. The van der Waals surface area contributed by atoms with Crippen LogP contribution >= 0.6 is 0 Å². The molecule has 0 spiro atoms. The van der Waals surface area contributed by atoms with E-state index in [1.807, 2.05) is 36.1 Å². The van der Waals surface area contributed by atoms with Crippen molar-refractivity contribution < 1.29 is 4.79 Å². The van der Waals surface area contributed by atoms with Crippen LogP contribution in [0.3, 0.4) is 0 Å². The molecule has 2 N–H and O–H groups in total. The maximum Gasteiger partial charge on any atom is 0.228 e. The number of anilines is 1. The molecule has 19 heavy (non-hydrogen) atoms. The lowest BCUT2D eigenvalue weighted by Gasteiger charge is -2.31. The Labute approximate surface area is 115 Å². The predicted molar refractivity (Wildman–Crippen MR) is 78.5 cm³/mol. The Bertz CT molecular complexity index is 433. The quantitative estimate of drug-likeness (QED) is 0.845. The van der Waals surface area contributed by atoms with Crippen molar-refractivity contribution in [1.82, 2.24) is 4.90 Å². The van der Waals surface area contributed by atoms with E-state index in [-0.39, 0.29) is 5.41 Å². The molecule has 3 heteroatoms. The maximum absolute atomic E-state index is 12.7. The van der Waals surface area contributed by atoms with Crippen molar-refractivity contribution in [3.63, 3.8) is 0 Å². The molecule has 1 aromatic carbocycles.